The van der Waals surface area contributed by atoms with Crippen molar-refractivity contribution < 1.29 is 13.9 Å². The number of benzene rings is 1. The fourth-order valence-corrected chi connectivity index (χ4v) is 1.91. The van der Waals surface area contributed by atoms with E-state index in [2.05, 4.69) is 23.9 Å². The molecule has 1 atom stereocenters. The van der Waals surface area contributed by atoms with Crippen LogP contribution in [0.5, 0.6) is 0 Å². The van der Waals surface area contributed by atoms with Crippen molar-refractivity contribution in [1.82, 2.24) is 0 Å². The number of carbonyl (C=O) groups excluding carboxylic acids is 1. The summed E-state index contributed by atoms with van der Waals surface area (Å²) in [5, 5.41) is 3.08. The Hall–Kier alpha value is -1.58. The molecule has 0 spiro atoms. The van der Waals surface area contributed by atoms with Crippen molar-refractivity contribution in [1.29, 1.82) is 0 Å². The van der Waals surface area contributed by atoms with E-state index in [9.17, 15) is 9.18 Å². The highest BCUT2D eigenvalue weighted by Gasteiger charge is 2.12. The predicted octanol–water partition coefficient (Wildman–Crippen LogP) is 3.46. The fraction of sp³-hybridized carbons (Fsp3) is 0.500. The van der Waals surface area contributed by atoms with Gasteiger partial charge in [0.25, 0.3) is 0 Å². The first-order chi connectivity index (χ1) is 8.43. The van der Waals surface area contributed by atoms with E-state index in [1.165, 1.54) is 25.3 Å². The summed E-state index contributed by atoms with van der Waals surface area (Å²) >= 11 is 0. The monoisotopic (exact) mass is 253 g/mol. The minimum absolute atomic E-state index is 0.146. The summed E-state index contributed by atoms with van der Waals surface area (Å²) in [7, 11) is 1.31. The third kappa shape index (κ3) is 4.02. The molecule has 18 heavy (non-hydrogen) atoms. The van der Waals surface area contributed by atoms with Gasteiger partial charge in [-0.05, 0) is 37.5 Å². The van der Waals surface area contributed by atoms with Crippen LogP contribution in [0.25, 0.3) is 0 Å². The summed E-state index contributed by atoms with van der Waals surface area (Å²) in [6, 6.07) is 4.32. The van der Waals surface area contributed by atoms with E-state index in [1.54, 1.807) is 0 Å². The maximum absolute atomic E-state index is 13.6. The molecule has 1 aromatic carbocycles. The highest BCUT2D eigenvalue weighted by molar-refractivity contribution is 5.90. The average Bonchev–Trinajstić information content (AvgIpc) is 2.30. The van der Waals surface area contributed by atoms with Crippen LogP contribution in [-0.2, 0) is 4.74 Å². The van der Waals surface area contributed by atoms with Crippen molar-refractivity contribution in [3.63, 3.8) is 0 Å². The number of methoxy groups -OCH3 is 1. The molecule has 100 valence electrons. The molecule has 0 radical (unpaired) electrons. The Morgan fingerprint density at radius 3 is 2.61 bits per heavy atom. The predicted molar refractivity (Wildman–Crippen MR) is 70.3 cm³/mol. The number of ether oxygens (including phenoxy) is 1. The van der Waals surface area contributed by atoms with E-state index >= 15 is 0 Å². The quantitative estimate of drug-likeness (QED) is 0.817. The molecule has 0 fully saturated rings. The summed E-state index contributed by atoms with van der Waals surface area (Å²) in [4.78, 5) is 11.4. The lowest BCUT2D eigenvalue weighted by atomic mass is 10.0. The van der Waals surface area contributed by atoms with Crippen molar-refractivity contribution in [3.05, 3.63) is 29.6 Å². The number of halogens is 1. The van der Waals surface area contributed by atoms with Gasteiger partial charge in [0.05, 0.1) is 18.4 Å². The Bertz CT molecular complexity index is 418. The Morgan fingerprint density at radius 1 is 1.39 bits per heavy atom. The van der Waals surface area contributed by atoms with Crippen LogP contribution in [0.1, 0.15) is 37.6 Å². The fourth-order valence-electron chi connectivity index (χ4n) is 1.91. The van der Waals surface area contributed by atoms with Gasteiger partial charge in [-0.2, -0.15) is 0 Å². The molecular formula is C14H20FNO2. The van der Waals surface area contributed by atoms with Gasteiger partial charge in [0.1, 0.15) is 5.82 Å². The zero-order chi connectivity index (χ0) is 13.7. The maximum atomic E-state index is 13.6. The number of esters is 1. The number of nitrogens with one attached hydrogen (secondary N) is 1. The molecular weight excluding hydrogens is 233 g/mol. The van der Waals surface area contributed by atoms with Gasteiger partial charge in [-0.15, -0.1) is 0 Å². The van der Waals surface area contributed by atoms with Crippen LogP contribution in [0.3, 0.4) is 0 Å². The van der Waals surface area contributed by atoms with Crippen molar-refractivity contribution in [2.45, 2.75) is 33.2 Å². The van der Waals surface area contributed by atoms with Gasteiger partial charge in [-0.3, -0.25) is 0 Å². The molecule has 0 saturated carbocycles. The van der Waals surface area contributed by atoms with E-state index in [1.807, 2.05) is 6.92 Å². The second kappa shape index (κ2) is 6.38. The van der Waals surface area contributed by atoms with Gasteiger partial charge in [0, 0.05) is 6.04 Å². The molecule has 0 aromatic heterocycles. The normalized spacial score (nSPS) is 12.3. The van der Waals surface area contributed by atoms with Crippen LogP contribution in [0.15, 0.2) is 18.2 Å². The smallest absolute Gasteiger partial charge is 0.337 e. The number of rotatable bonds is 5. The largest absolute Gasteiger partial charge is 0.465 e. The molecule has 0 aliphatic carbocycles. The topological polar surface area (TPSA) is 38.3 Å². The van der Waals surface area contributed by atoms with Crippen molar-refractivity contribution in [2.24, 2.45) is 5.92 Å². The highest BCUT2D eigenvalue weighted by Crippen LogP contribution is 2.19. The second-order valence-electron chi connectivity index (χ2n) is 4.86. The van der Waals surface area contributed by atoms with Gasteiger partial charge in [0.2, 0.25) is 0 Å². The summed E-state index contributed by atoms with van der Waals surface area (Å²) in [6.45, 7) is 6.21. The van der Waals surface area contributed by atoms with Crippen LogP contribution >= 0.6 is 0 Å². The Kier molecular flexibility index (Phi) is 5.13. The minimum Gasteiger partial charge on any atom is -0.465 e. The Morgan fingerprint density at radius 2 is 2.06 bits per heavy atom. The molecule has 3 nitrogen and oxygen atoms in total. The second-order valence-corrected chi connectivity index (χ2v) is 4.86. The van der Waals surface area contributed by atoms with Crippen molar-refractivity contribution in [2.75, 3.05) is 12.4 Å². The van der Waals surface area contributed by atoms with Gasteiger partial charge in [0.15, 0.2) is 0 Å². The minimum atomic E-state index is -0.463. The molecule has 1 unspecified atom stereocenters. The summed E-state index contributed by atoms with van der Waals surface area (Å²) in [6.07, 6.45) is 0.932. The lowest BCUT2D eigenvalue weighted by Crippen LogP contribution is -2.18. The zero-order valence-corrected chi connectivity index (χ0v) is 11.3. The summed E-state index contributed by atoms with van der Waals surface area (Å²) in [5.74, 6) is -0.299. The molecule has 0 bridgehead atoms. The Balaban J connectivity index is 2.84. The molecule has 0 amide bonds. The van der Waals surface area contributed by atoms with Gasteiger partial charge in [-0.1, -0.05) is 13.8 Å². The third-order valence-electron chi connectivity index (χ3n) is 2.61. The Labute approximate surface area is 107 Å². The van der Waals surface area contributed by atoms with E-state index in [0.29, 0.717) is 17.2 Å². The number of anilines is 1. The SMILES string of the molecule is COC(=O)c1ccc(F)c(NC(C)CC(C)C)c1. The first-order valence-corrected chi connectivity index (χ1v) is 6.08. The van der Waals surface area contributed by atoms with Gasteiger partial charge >= 0.3 is 5.97 Å². The van der Waals surface area contributed by atoms with Crippen molar-refractivity contribution in [3.8, 4) is 0 Å². The summed E-state index contributed by atoms with van der Waals surface area (Å²) < 4.78 is 18.2. The maximum Gasteiger partial charge on any atom is 0.337 e. The first-order valence-electron chi connectivity index (χ1n) is 6.08. The molecule has 1 N–H and O–H groups in total. The molecule has 0 aliphatic heterocycles. The van der Waals surface area contributed by atoms with E-state index in [0.717, 1.165) is 6.42 Å². The summed E-state index contributed by atoms with van der Waals surface area (Å²) in [5.41, 5.74) is 0.684. The zero-order valence-electron chi connectivity index (χ0n) is 11.3. The lowest BCUT2D eigenvalue weighted by Gasteiger charge is -2.18. The van der Waals surface area contributed by atoms with Crippen LogP contribution < -0.4 is 5.32 Å². The van der Waals surface area contributed by atoms with E-state index in [-0.39, 0.29) is 11.9 Å². The first kappa shape index (κ1) is 14.5. The van der Waals surface area contributed by atoms with Crippen LogP contribution in [-0.4, -0.2) is 19.1 Å². The number of carbonyl (C=O) groups is 1. The van der Waals surface area contributed by atoms with Gasteiger partial charge < -0.3 is 10.1 Å². The van der Waals surface area contributed by atoms with Crippen LogP contribution in [0.4, 0.5) is 10.1 Å². The van der Waals surface area contributed by atoms with Crippen LogP contribution in [0.2, 0.25) is 0 Å². The number of hydrogen-bond acceptors (Lipinski definition) is 3. The molecule has 0 saturated heterocycles. The molecule has 1 rings (SSSR count). The molecule has 0 aliphatic rings. The highest BCUT2D eigenvalue weighted by atomic mass is 19.1. The standard InChI is InChI=1S/C14H20FNO2/c1-9(2)7-10(3)16-13-8-11(14(17)18-4)5-6-12(13)15/h5-6,8-10,16H,7H2,1-4H3. The van der Waals surface area contributed by atoms with Crippen molar-refractivity contribution >= 4 is 11.7 Å². The lowest BCUT2D eigenvalue weighted by molar-refractivity contribution is 0.0600. The number of hydrogen-bond donors (Lipinski definition) is 1. The van der Waals surface area contributed by atoms with Crippen LogP contribution in [0, 0.1) is 11.7 Å². The van der Waals surface area contributed by atoms with E-state index < -0.39 is 5.97 Å². The third-order valence-corrected chi connectivity index (χ3v) is 2.61. The average molecular weight is 253 g/mol. The molecule has 1 aromatic rings. The molecule has 0 heterocycles. The van der Waals surface area contributed by atoms with Gasteiger partial charge in [-0.25, -0.2) is 9.18 Å². The van der Waals surface area contributed by atoms with E-state index in [4.69, 9.17) is 0 Å². The molecule has 4 heteroatoms.